The van der Waals surface area contributed by atoms with Crippen molar-refractivity contribution in [1.29, 1.82) is 0 Å². The molecule has 2 aromatic carbocycles. The number of aromatic nitrogens is 2. The van der Waals surface area contributed by atoms with Crippen molar-refractivity contribution in [1.82, 2.24) is 14.9 Å². The van der Waals surface area contributed by atoms with E-state index < -0.39 is 0 Å². The van der Waals surface area contributed by atoms with Gasteiger partial charge in [0.25, 0.3) is 5.91 Å². The number of nitrogens with zero attached hydrogens (tertiary/aromatic N) is 2. The SMILES string of the molecule is Cc1ccccc1OCC(=O)NCCc1ccc2c(c1)ncn2C. The van der Waals surface area contributed by atoms with Crippen LogP contribution in [0.1, 0.15) is 11.1 Å². The number of aryl methyl sites for hydroxylation is 2. The highest BCUT2D eigenvalue weighted by Gasteiger charge is 2.05. The number of nitrogens with one attached hydrogen (secondary N) is 1. The van der Waals surface area contributed by atoms with Crippen LogP contribution in [0.2, 0.25) is 0 Å². The number of fused-ring (bicyclic) bond motifs is 1. The van der Waals surface area contributed by atoms with Gasteiger partial charge in [0.05, 0.1) is 17.4 Å². The van der Waals surface area contributed by atoms with Gasteiger partial charge in [0.2, 0.25) is 0 Å². The molecule has 5 nitrogen and oxygen atoms in total. The minimum Gasteiger partial charge on any atom is -0.484 e. The highest BCUT2D eigenvalue weighted by molar-refractivity contribution is 5.78. The maximum atomic E-state index is 11.9. The van der Waals surface area contributed by atoms with E-state index in [0.717, 1.165) is 34.3 Å². The number of imidazole rings is 1. The van der Waals surface area contributed by atoms with Crippen molar-refractivity contribution in [3.05, 3.63) is 59.9 Å². The molecule has 1 N–H and O–H groups in total. The van der Waals surface area contributed by atoms with Crippen LogP contribution in [0.25, 0.3) is 11.0 Å². The van der Waals surface area contributed by atoms with Crippen molar-refractivity contribution in [3.63, 3.8) is 0 Å². The topological polar surface area (TPSA) is 56.1 Å². The first-order chi connectivity index (χ1) is 11.6. The summed E-state index contributed by atoms with van der Waals surface area (Å²) in [4.78, 5) is 16.2. The van der Waals surface area contributed by atoms with E-state index in [9.17, 15) is 4.79 Å². The lowest BCUT2D eigenvalue weighted by Gasteiger charge is -2.09. The lowest BCUT2D eigenvalue weighted by Crippen LogP contribution is -2.30. The van der Waals surface area contributed by atoms with Gasteiger partial charge >= 0.3 is 0 Å². The van der Waals surface area contributed by atoms with Gasteiger partial charge in [0.15, 0.2) is 6.61 Å². The van der Waals surface area contributed by atoms with Crippen LogP contribution in [0.4, 0.5) is 0 Å². The summed E-state index contributed by atoms with van der Waals surface area (Å²) < 4.78 is 7.53. The van der Waals surface area contributed by atoms with E-state index in [1.165, 1.54) is 0 Å². The average molecular weight is 323 g/mol. The van der Waals surface area contributed by atoms with E-state index in [4.69, 9.17) is 4.74 Å². The van der Waals surface area contributed by atoms with Crippen molar-refractivity contribution in [2.75, 3.05) is 13.2 Å². The summed E-state index contributed by atoms with van der Waals surface area (Å²) in [7, 11) is 1.98. The van der Waals surface area contributed by atoms with Crippen LogP contribution < -0.4 is 10.1 Å². The van der Waals surface area contributed by atoms with Crippen LogP contribution in [0, 0.1) is 6.92 Å². The zero-order valence-corrected chi connectivity index (χ0v) is 14.0. The van der Waals surface area contributed by atoms with E-state index >= 15 is 0 Å². The van der Waals surface area contributed by atoms with Crippen molar-refractivity contribution in [3.8, 4) is 5.75 Å². The van der Waals surface area contributed by atoms with E-state index in [0.29, 0.717) is 6.54 Å². The van der Waals surface area contributed by atoms with Crippen LogP contribution in [-0.4, -0.2) is 28.6 Å². The van der Waals surface area contributed by atoms with Crippen molar-refractivity contribution < 1.29 is 9.53 Å². The lowest BCUT2D eigenvalue weighted by atomic mass is 10.1. The summed E-state index contributed by atoms with van der Waals surface area (Å²) in [5.74, 6) is 0.630. The first-order valence-corrected chi connectivity index (χ1v) is 7.98. The smallest absolute Gasteiger partial charge is 0.257 e. The zero-order valence-electron chi connectivity index (χ0n) is 14.0. The summed E-state index contributed by atoms with van der Waals surface area (Å²) in [5.41, 5.74) is 4.26. The quantitative estimate of drug-likeness (QED) is 0.759. The van der Waals surface area contributed by atoms with Crippen molar-refractivity contribution >= 4 is 16.9 Å². The summed E-state index contributed by atoms with van der Waals surface area (Å²) in [6.45, 7) is 2.57. The molecule has 0 bridgehead atoms. The molecule has 0 aliphatic carbocycles. The van der Waals surface area contributed by atoms with Crippen LogP contribution in [0.3, 0.4) is 0 Å². The predicted octanol–water partition coefficient (Wildman–Crippen LogP) is 2.62. The van der Waals surface area contributed by atoms with Gasteiger partial charge in [-0.25, -0.2) is 4.98 Å². The first kappa shape index (κ1) is 16.1. The number of benzene rings is 2. The van der Waals surface area contributed by atoms with Gasteiger partial charge in [0, 0.05) is 13.6 Å². The van der Waals surface area contributed by atoms with Gasteiger partial charge in [0.1, 0.15) is 5.75 Å². The number of carbonyl (C=O) groups excluding carboxylic acids is 1. The highest BCUT2D eigenvalue weighted by Crippen LogP contribution is 2.16. The molecule has 24 heavy (non-hydrogen) atoms. The fourth-order valence-corrected chi connectivity index (χ4v) is 2.60. The third-order valence-electron chi connectivity index (χ3n) is 3.98. The molecule has 0 radical (unpaired) electrons. The molecular formula is C19H21N3O2. The number of hydrogen-bond donors (Lipinski definition) is 1. The molecule has 0 atom stereocenters. The standard InChI is InChI=1S/C19H21N3O2/c1-14-5-3-4-6-18(14)24-12-19(23)20-10-9-15-7-8-17-16(11-15)21-13-22(17)2/h3-8,11,13H,9-10,12H2,1-2H3,(H,20,23). The molecule has 5 heteroatoms. The molecule has 0 saturated heterocycles. The van der Waals surface area contributed by atoms with Gasteiger partial charge in [-0.2, -0.15) is 0 Å². The zero-order chi connectivity index (χ0) is 16.9. The Morgan fingerprint density at radius 3 is 2.92 bits per heavy atom. The maximum absolute atomic E-state index is 11.9. The van der Waals surface area contributed by atoms with Gasteiger partial charge < -0.3 is 14.6 Å². The first-order valence-electron chi connectivity index (χ1n) is 7.98. The molecule has 0 unspecified atom stereocenters. The molecule has 0 fully saturated rings. The normalized spacial score (nSPS) is 10.8. The van der Waals surface area contributed by atoms with Gasteiger partial charge in [-0.15, -0.1) is 0 Å². The van der Waals surface area contributed by atoms with Crippen LogP contribution in [-0.2, 0) is 18.3 Å². The molecule has 0 aliphatic heterocycles. The van der Waals surface area contributed by atoms with Crippen molar-refractivity contribution in [2.45, 2.75) is 13.3 Å². The van der Waals surface area contributed by atoms with Gasteiger partial charge in [-0.1, -0.05) is 24.3 Å². The third-order valence-corrected chi connectivity index (χ3v) is 3.98. The Bertz CT molecular complexity index is 855. The second-order valence-electron chi connectivity index (χ2n) is 5.83. The molecule has 3 aromatic rings. The molecule has 0 saturated carbocycles. The molecule has 1 heterocycles. The Balaban J connectivity index is 1.46. The fraction of sp³-hybridized carbons (Fsp3) is 0.263. The third kappa shape index (κ3) is 3.74. The van der Waals surface area contributed by atoms with Crippen LogP contribution in [0.15, 0.2) is 48.8 Å². The average Bonchev–Trinajstić information content (AvgIpc) is 2.95. The Kier molecular flexibility index (Phi) is 4.79. The van der Waals surface area contributed by atoms with Gasteiger partial charge in [-0.05, 0) is 42.7 Å². The summed E-state index contributed by atoms with van der Waals surface area (Å²) >= 11 is 0. The number of amides is 1. The maximum Gasteiger partial charge on any atom is 0.257 e. The number of rotatable bonds is 6. The molecule has 1 amide bonds. The summed E-state index contributed by atoms with van der Waals surface area (Å²) in [6.07, 6.45) is 2.57. The number of carbonyl (C=O) groups is 1. The molecule has 0 aliphatic rings. The minimum absolute atomic E-state index is 0.0319. The van der Waals surface area contributed by atoms with E-state index in [1.807, 2.05) is 42.8 Å². The minimum atomic E-state index is -0.114. The molecule has 3 rings (SSSR count). The van der Waals surface area contributed by atoms with Crippen LogP contribution in [0.5, 0.6) is 5.75 Å². The summed E-state index contributed by atoms with van der Waals surface area (Å²) in [6, 6.07) is 13.9. The second kappa shape index (κ2) is 7.17. The Labute approximate surface area is 141 Å². The number of ether oxygens (including phenoxy) is 1. The van der Waals surface area contributed by atoms with Crippen LogP contribution >= 0.6 is 0 Å². The molecule has 0 spiro atoms. The number of hydrogen-bond acceptors (Lipinski definition) is 3. The van der Waals surface area contributed by atoms with E-state index in [1.54, 1.807) is 6.33 Å². The van der Waals surface area contributed by atoms with Crippen molar-refractivity contribution in [2.24, 2.45) is 7.05 Å². The van der Waals surface area contributed by atoms with E-state index in [-0.39, 0.29) is 12.5 Å². The molecular weight excluding hydrogens is 302 g/mol. The molecule has 124 valence electrons. The Morgan fingerprint density at radius 2 is 2.08 bits per heavy atom. The fourth-order valence-electron chi connectivity index (χ4n) is 2.60. The monoisotopic (exact) mass is 323 g/mol. The van der Waals surface area contributed by atoms with Gasteiger partial charge in [-0.3, -0.25) is 4.79 Å². The Morgan fingerprint density at radius 1 is 1.25 bits per heavy atom. The Hall–Kier alpha value is -2.82. The number of para-hydroxylation sites is 1. The second-order valence-corrected chi connectivity index (χ2v) is 5.83. The van der Waals surface area contributed by atoms with E-state index in [2.05, 4.69) is 28.5 Å². The lowest BCUT2D eigenvalue weighted by molar-refractivity contribution is -0.123. The summed E-state index contributed by atoms with van der Waals surface area (Å²) in [5, 5.41) is 2.88. The molecule has 1 aromatic heterocycles. The predicted molar refractivity (Wildman–Crippen MR) is 94.1 cm³/mol. The largest absolute Gasteiger partial charge is 0.484 e. The highest BCUT2D eigenvalue weighted by atomic mass is 16.5.